The predicted octanol–water partition coefficient (Wildman–Crippen LogP) is 2.77. The van der Waals surface area contributed by atoms with E-state index in [0.29, 0.717) is 17.4 Å². The number of ether oxygens (including phenoxy) is 2. The van der Waals surface area contributed by atoms with Crippen LogP contribution in [-0.4, -0.2) is 52.5 Å². The molecule has 0 aromatic carbocycles. The summed E-state index contributed by atoms with van der Waals surface area (Å²) in [5.74, 6) is 0.776. The van der Waals surface area contributed by atoms with Crippen LogP contribution in [0.25, 0.3) is 0 Å². The third-order valence-electron chi connectivity index (χ3n) is 4.62. The highest BCUT2D eigenvalue weighted by molar-refractivity contribution is 5.91. The molecule has 0 saturated carbocycles. The fourth-order valence-electron chi connectivity index (χ4n) is 3.26. The number of nitrogens with one attached hydrogen (secondary N) is 1. The topological polar surface area (TPSA) is 81.5 Å². The van der Waals surface area contributed by atoms with Gasteiger partial charge in [0.2, 0.25) is 11.8 Å². The number of urea groups is 1. The Morgan fingerprint density at radius 2 is 2.19 bits per heavy atom. The first-order valence-electron chi connectivity index (χ1n) is 8.85. The number of carbonyl (C=O) groups excluding carboxylic acids is 1. The lowest BCUT2D eigenvalue weighted by Gasteiger charge is -2.35. The van der Waals surface area contributed by atoms with Gasteiger partial charge in [0.1, 0.15) is 5.69 Å². The van der Waals surface area contributed by atoms with Crippen molar-refractivity contribution >= 4 is 11.7 Å². The van der Waals surface area contributed by atoms with E-state index in [1.54, 1.807) is 18.3 Å². The van der Waals surface area contributed by atoms with Gasteiger partial charge in [-0.15, -0.1) is 0 Å². The summed E-state index contributed by atoms with van der Waals surface area (Å²) in [6.45, 7) is 1.55. The van der Waals surface area contributed by atoms with Crippen LogP contribution in [0.3, 0.4) is 0 Å². The van der Waals surface area contributed by atoms with Crippen molar-refractivity contribution in [3.8, 4) is 11.8 Å². The Balaban J connectivity index is 1.66. The zero-order valence-electron chi connectivity index (χ0n) is 15.2. The molecule has 8 nitrogen and oxygen atoms in total. The lowest BCUT2D eigenvalue weighted by Crippen LogP contribution is -2.46. The van der Waals surface area contributed by atoms with E-state index in [4.69, 9.17) is 9.47 Å². The average Bonchev–Trinajstić information content (AvgIpc) is 3.20. The molecule has 1 aliphatic heterocycles. The van der Waals surface area contributed by atoms with Crippen LogP contribution in [0, 0.1) is 0 Å². The van der Waals surface area contributed by atoms with Crippen molar-refractivity contribution in [3.63, 3.8) is 0 Å². The fraction of sp³-hybridized carbons (Fsp3) is 0.500. The first kappa shape index (κ1) is 18.0. The molecule has 1 N–H and O–H groups in total. The highest BCUT2D eigenvalue weighted by Gasteiger charge is 2.27. The van der Waals surface area contributed by atoms with Crippen molar-refractivity contribution in [2.75, 3.05) is 26.1 Å². The van der Waals surface area contributed by atoms with Crippen LogP contribution in [0.15, 0.2) is 30.6 Å². The maximum Gasteiger partial charge on any atom is 0.322 e. The number of methoxy groups -OCH3 is 2. The van der Waals surface area contributed by atoms with E-state index >= 15 is 0 Å². The Bertz CT molecular complexity index is 720. The van der Waals surface area contributed by atoms with Crippen molar-refractivity contribution in [1.82, 2.24) is 19.7 Å². The number of likely N-dealkylation sites (tertiary alicyclic amines) is 1. The van der Waals surface area contributed by atoms with Crippen LogP contribution in [0.5, 0.6) is 11.8 Å². The number of piperidine rings is 1. The van der Waals surface area contributed by atoms with Crippen LogP contribution in [-0.2, 0) is 6.54 Å². The Labute approximate surface area is 153 Å². The average molecular weight is 359 g/mol. The zero-order chi connectivity index (χ0) is 18.4. The smallest absolute Gasteiger partial charge is 0.322 e. The van der Waals surface area contributed by atoms with Gasteiger partial charge in [-0.05, 0) is 37.8 Å². The number of pyridine rings is 1. The molecule has 0 bridgehead atoms. The van der Waals surface area contributed by atoms with Crippen molar-refractivity contribution < 1.29 is 14.3 Å². The van der Waals surface area contributed by atoms with Gasteiger partial charge in [0, 0.05) is 37.6 Å². The van der Waals surface area contributed by atoms with Gasteiger partial charge in [-0.2, -0.15) is 10.1 Å². The number of amides is 2. The van der Waals surface area contributed by atoms with E-state index < -0.39 is 0 Å². The minimum Gasteiger partial charge on any atom is -0.481 e. The monoisotopic (exact) mass is 359 g/mol. The SMILES string of the molecule is COc1ccc(NC(=O)N2CCCC[C@H]2CCn2cccn2)c(OC)n1. The number of anilines is 1. The number of hydrogen-bond donors (Lipinski definition) is 1. The summed E-state index contributed by atoms with van der Waals surface area (Å²) in [5, 5.41) is 7.17. The molecule has 0 radical (unpaired) electrons. The molecule has 3 rings (SSSR count). The van der Waals surface area contributed by atoms with Crippen molar-refractivity contribution in [2.24, 2.45) is 0 Å². The standard InChI is InChI=1S/C18H25N5O3/c1-25-16-8-7-15(17(21-16)26-2)20-18(24)23-12-4-3-6-14(23)9-13-22-11-5-10-19-22/h5,7-8,10-11,14H,3-4,6,9,12-13H2,1-2H3,(H,20,24)/t14-/m0/s1. The van der Waals surface area contributed by atoms with E-state index in [-0.39, 0.29) is 12.1 Å². The number of aryl methyl sites for hydroxylation is 1. The van der Waals surface area contributed by atoms with Gasteiger partial charge in [0.15, 0.2) is 0 Å². The summed E-state index contributed by atoms with van der Waals surface area (Å²) < 4.78 is 12.3. The number of aromatic nitrogens is 3. The normalized spacial score (nSPS) is 17.0. The molecule has 2 amide bonds. The number of nitrogens with zero attached hydrogens (tertiary/aromatic N) is 4. The van der Waals surface area contributed by atoms with Crippen LogP contribution >= 0.6 is 0 Å². The van der Waals surface area contributed by atoms with E-state index in [0.717, 1.165) is 38.8 Å². The summed E-state index contributed by atoms with van der Waals surface area (Å²) in [6.07, 6.45) is 7.76. The molecule has 26 heavy (non-hydrogen) atoms. The predicted molar refractivity (Wildman–Crippen MR) is 97.5 cm³/mol. The molecule has 1 saturated heterocycles. The highest BCUT2D eigenvalue weighted by Crippen LogP contribution is 2.27. The molecule has 2 aromatic rings. The van der Waals surface area contributed by atoms with Crippen molar-refractivity contribution in [1.29, 1.82) is 0 Å². The third-order valence-corrected chi connectivity index (χ3v) is 4.62. The fourth-order valence-corrected chi connectivity index (χ4v) is 3.26. The lowest BCUT2D eigenvalue weighted by molar-refractivity contribution is 0.154. The van der Waals surface area contributed by atoms with E-state index in [2.05, 4.69) is 15.4 Å². The Kier molecular flexibility index (Phi) is 5.93. The van der Waals surface area contributed by atoms with Gasteiger partial charge >= 0.3 is 6.03 Å². The molecule has 140 valence electrons. The van der Waals surface area contributed by atoms with Crippen LogP contribution < -0.4 is 14.8 Å². The molecule has 1 fully saturated rings. The van der Waals surface area contributed by atoms with Gasteiger partial charge in [0.25, 0.3) is 0 Å². The molecule has 8 heteroatoms. The van der Waals surface area contributed by atoms with Crippen LogP contribution in [0.2, 0.25) is 0 Å². The maximum atomic E-state index is 12.8. The second-order valence-electron chi connectivity index (χ2n) is 6.24. The van der Waals surface area contributed by atoms with Gasteiger partial charge < -0.3 is 19.7 Å². The number of hydrogen-bond acceptors (Lipinski definition) is 5. The summed E-state index contributed by atoms with van der Waals surface area (Å²) in [7, 11) is 3.06. The summed E-state index contributed by atoms with van der Waals surface area (Å²) >= 11 is 0. The van der Waals surface area contributed by atoms with Gasteiger partial charge in [0.05, 0.1) is 14.2 Å². The van der Waals surface area contributed by atoms with Gasteiger partial charge in [-0.1, -0.05) is 0 Å². The first-order valence-corrected chi connectivity index (χ1v) is 8.85. The maximum absolute atomic E-state index is 12.8. The zero-order valence-corrected chi connectivity index (χ0v) is 15.2. The Morgan fingerprint density at radius 3 is 2.92 bits per heavy atom. The minimum atomic E-state index is -0.125. The summed E-state index contributed by atoms with van der Waals surface area (Å²) in [4.78, 5) is 19.0. The van der Waals surface area contributed by atoms with Crippen molar-refractivity contribution in [2.45, 2.75) is 38.3 Å². The molecule has 3 heterocycles. The molecular formula is C18H25N5O3. The van der Waals surface area contributed by atoms with E-state index in [9.17, 15) is 4.79 Å². The quantitative estimate of drug-likeness (QED) is 0.858. The van der Waals surface area contributed by atoms with Crippen LogP contribution in [0.4, 0.5) is 10.5 Å². The number of rotatable bonds is 6. The lowest BCUT2D eigenvalue weighted by atomic mass is 10.00. The first-order chi connectivity index (χ1) is 12.7. The second-order valence-corrected chi connectivity index (χ2v) is 6.24. The molecule has 0 aliphatic carbocycles. The molecule has 0 spiro atoms. The van der Waals surface area contributed by atoms with E-state index in [1.807, 2.05) is 21.8 Å². The Morgan fingerprint density at radius 1 is 1.31 bits per heavy atom. The molecule has 1 atom stereocenters. The van der Waals surface area contributed by atoms with Gasteiger partial charge in [-0.3, -0.25) is 4.68 Å². The highest BCUT2D eigenvalue weighted by atomic mass is 16.5. The van der Waals surface area contributed by atoms with Crippen molar-refractivity contribution in [3.05, 3.63) is 30.6 Å². The third kappa shape index (κ3) is 4.25. The van der Waals surface area contributed by atoms with E-state index in [1.165, 1.54) is 14.2 Å². The van der Waals surface area contributed by atoms with Crippen LogP contribution in [0.1, 0.15) is 25.7 Å². The second kappa shape index (κ2) is 8.55. The molecule has 2 aromatic heterocycles. The number of carbonyl (C=O) groups is 1. The molecule has 1 aliphatic rings. The largest absolute Gasteiger partial charge is 0.481 e. The summed E-state index contributed by atoms with van der Waals surface area (Å²) in [5.41, 5.74) is 0.537. The van der Waals surface area contributed by atoms with Gasteiger partial charge in [-0.25, -0.2) is 4.79 Å². The Hall–Kier alpha value is -2.77. The minimum absolute atomic E-state index is 0.125. The molecular weight excluding hydrogens is 334 g/mol. The molecule has 0 unspecified atom stereocenters. The summed E-state index contributed by atoms with van der Waals surface area (Å²) in [6, 6.07) is 5.42.